The fourth-order valence-electron chi connectivity index (χ4n) is 2.79. The lowest BCUT2D eigenvalue weighted by molar-refractivity contribution is 0.174. The Morgan fingerprint density at radius 1 is 1.19 bits per heavy atom. The van der Waals surface area contributed by atoms with E-state index in [0.717, 1.165) is 11.3 Å². The summed E-state index contributed by atoms with van der Waals surface area (Å²) in [5.74, 6) is 2.31. The number of hydrogen-bond acceptors (Lipinski definition) is 6. The highest BCUT2D eigenvalue weighted by atomic mass is 16.7. The number of ether oxygens (including phenoxy) is 3. The first kappa shape index (κ1) is 16.0. The van der Waals surface area contributed by atoms with Crippen LogP contribution < -0.4 is 25.1 Å². The molecule has 7 heteroatoms. The maximum Gasteiger partial charge on any atom is 0.297 e. The molecule has 0 saturated carbocycles. The van der Waals surface area contributed by atoms with Gasteiger partial charge in [-0.2, -0.15) is 0 Å². The molecule has 2 aromatic carbocycles. The van der Waals surface area contributed by atoms with Crippen molar-refractivity contribution >= 4 is 5.82 Å². The van der Waals surface area contributed by atoms with Crippen molar-refractivity contribution in [2.45, 2.75) is 6.54 Å². The lowest BCUT2D eigenvalue weighted by atomic mass is 10.2. The zero-order chi connectivity index (χ0) is 17.9. The van der Waals surface area contributed by atoms with Crippen molar-refractivity contribution in [3.05, 3.63) is 70.8 Å². The van der Waals surface area contributed by atoms with Crippen LogP contribution in [-0.2, 0) is 6.54 Å². The van der Waals surface area contributed by atoms with E-state index < -0.39 is 0 Å². The number of aromatic nitrogens is 2. The van der Waals surface area contributed by atoms with Gasteiger partial charge in [0.15, 0.2) is 17.3 Å². The average Bonchev–Trinajstić information content (AvgIpc) is 3.15. The quantitative estimate of drug-likeness (QED) is 0.762. The zero-order valence-electron chi connectivity index (χ0n) is 14.1. The summed E-state index contributed by atoms with van der Waals surface area (Å²) < 4.78 is 17.5. The van der Waals surface area contributed by atoms with E-state index in [4.69, 9.17) is 14.2 Å². The smallest absolute Gasteiger partial charge is 0.297 e. The third-order valence-electron chi connectivity index (χ3n) is 4.08. The summed E-state index contributed by atoms with van der Waals surface area (Å²) in [7, 11) is 1.57. The van der Waals surface area contributed by atoms with E-state index in [0.29, 0.717) is 23.7 Å². The molecule has 4 rings (SSSR count). The van der Waals surface area contributed by atoms with Gasteiger partial charge in [0.25, 0.3) is 5.56 Å². The van der Waals surface area contributed by atoms with Crippen LogP contribution in [0.5, 0.6) is 17.2 Å². The number of hydrogen-bond donors (Lipinski definition) is 1. The number of fused-ring (bicyclic) bond motifs is 1. The summed E-state index contributed by atoms with van der Waals surface area (Å²) >= 11 is 0. The fraction of sp³-hybridized carbons (Fsp3) is 0.158. The normalized spacial score (nSPS) is 12.0. The molecule has 2 heterocycles. The molecule has 7 nitrogen and oxygen atoms in total. The summed E-state index contributed by atoms with van der Waals surface area (Å²) in [6.07, 6.45) is 3.20. The van der Waals surface area contributed by atoms with Crippen molar-refractivity contribution in [1.82, 2.24) is 9.55 Å². The van der Waals surface area contributed by atoms with Crippen molar-refractivity contribution < 1.29 is 14.2 Å². The molecule has 0 amide bonds. The van der Waals surface area contributed by atoms with Gasteiger partial charge in [0.1, 0.15) is 5.75 Å². The van der Waals surface area contributed by atoms with Crippen LogP contribution in [0, 0.1) is 0 Å². The molecule has 0 aliphatic carbocycles. The van der Waals surface area contributed by atoms with Crippen LogP contribution in [-0.4, -0.2) is 23.5 Å². The number of methoxy groups -OCH3 is 1. The molecule has 0 fully saturated rings. The van der Waals surface area contributed by atoms with Gasteiger partial charge in [-0.15, -0.1) is 0 Å². The molecule has 0 saturated heterocycles. The molecule has 0 bridgehead atoms. The van der Waals surface area contributed by atoms with Crippen LogP contribution in [0.15, 0.2) is 59.7 Å². The molecule has 0 atom stereocenters. The van der Waals surface area contributed by atoms with Gasteiger partial charge in [0.2, 0.25) is 6.79 Å². The molecule has 1 aliphatic rings. The second kappa shape index (κ2) is 6.79. The third-order valence-corrected chi connectivity index (χ3v) is 4.08. The standard InChI is InChI=1S/C19H17N3O4/c1-24-15-5-3-2-4-14(15)22-9-8-20-18(19(22)23)21-11-13-6-7-16-17(10-13)26-12-25-16/h2-10H,11-12H2,1H3,(H,20,21). The number of anilines is 1. The van der Waals surface area contributed by atoms with Gasteiger partial charge in [-0.25, -0.2) is 4.98 Å². The average molecular weight is 351 g/mol. The fourth-order valence-corrected chi connectivity index (χ4v) is 2.79. The molecular weight excluding hydrogens is 334 g/mol. The van der Waals surface area contributed by atoms with E-state index in [1.54, 1.807) is 19.5 Å². The van der Waals surface area contributed by atoms with Crippen LogP contribution in [0.2, 0.25) is 0 Å². The minimum Gasteiger partial charge on any atom is -0.495 e. The number of nitrogens with one attached hydrogen (secondary N) is 1. The Kier molecular flexibility index (Phi) is 4.18. The summed E-state index contributed by atoms with van der Waals surface area (Å²) in [5.41, 5.74) is 1.37. The summed E-state index contributed by atoms with van der Waals surface area (Å²) in [5, 5.41) is 3.09. The van der Waals surface area contributed by atoms with Crippen molar-refractivity contribution in [2.75, 3.05) is 19.2 Å². The molecule has 1 N–H and O–H groups in total. The Bertz CT molecular complexity index is 1000. The number of rotatable bonds is 5. The SMILES string of the molecule is COc1ccccc1-n1ccnc(NCc2ccc3c(c2)OCO3)c1=O. The third kappa shape index (κ3) is 2.95. The Hall–Kier alpha value is -3.48. The summed E-state index contributed by atoms with van der Waals surface area (Å²) in [6.45, 7) is 0.672. The molecule has 26 heavy (non-hydrogen) atoms. The lowest BCUT2D eigenvalue weighted by Gasteiger charge is -2.12. The van der Waals surface area contributed by atoms with Gasteiger partial charge in [-0.3, -0.25) is 9.36 Å². The maximum absolute atomic E-state index is 12.8. The van der Waals surface area contributed by atoms with Crippen molar-refractivity contribution in [2.24, 2.45) is 0 Å². The highest BCUT2D eigenvalue weighted by Crippen LogP contribution is 2.32. The Balaban J connectivity index is 1.59. The highest BCUT2D eigenvalue weighted by Gasteiger charge is 2.14. The van der Waals surface area contributed by atoms with Crippen LogP contribution >= 0.6 is 0 Å². The minimum atomic E-state index is -0.252. The van der Waals surface area contributed by atoms with Crippen molar-refractivity contribution in [1.29, 1.82) is 0 Å². The molecule has 1 aliphatic heterocycles. The molecule has 0 unspecified atom stereocenters. The van der Waals surface area contributed by atoms with Gasteiger partial charge in [0, 0.05) is 18.9 Å². The van der Waals surface area contributed by atoms with Crippen LogP contribution in [0.1, 0.15) is 5.56 Å². The summed E-state index contributed by atoms with van der Waals surface area (Å²) in [6, 6.07) is 13.0. The monoisotopic (exact) mass is 351 g/mol. The van der Waals surface area contributed by atoms with Gasteiger partial charge in [-0.05, 0) is 29.8 Å². The molecule has 1 aromatic heterocycles. The van der Waals surface area contributed by atoms with E-state index in [-0.39, 0.29) is 18.2 Å². The van der Waals surface area contributed by atoms with Gasteiger partial charge in [0.05, 0.1) is 12.8 Å². The number of nitrogens with zero attached hydrogens (tertiary/aromatic N) is 2. The lowest BCUT2D eigenvalue weighted by Crippen LogP contribution is -2.23. The number of para-hydroxylation sites is 2. The van der Waals surface area contributed by atoms with E-state index in [1.807, 2.05) is 42.5 Å². The Morgan fingerprint density at radius 2 is 2.04 bits per heavy atom. The predicted molar refractivity (Wildman–Crippen MR) is 96.3 cm³/mol. The van der Waals surface area contributed by atoms with Gasteiger partial charge in [-0.1, -0.05) is 18.2 Å². The topological polar surface area (TPSA) is 74.6 Å². The zero-order valence-corrected chi connectivity index (χ0v) is 14.1. The largest absolute Gasteiger partial charge is 0.495 e. The van der Waals surface area contributed by atoms with Crippen LogP contribution in [0.25, 0.3) is 5.69 Å². The molecule has 3 aromatic rings. The molecular formula is C19H17N3O4. The van der Waals surface area contributed by atoms with Crippen molar-refractivity contribution in [3.63, 3.8) is 0 Å². The maximum atomic E-state index is 12.8. The van der Waals surface area contributed by atoms with Crippen LogP contribution in [0.4, 0.5) is 5.82 Å². The van der Waals surface area contributed by atoms with Gasteiger partial charge < -0.3 is 19.5 Å². The minimum absolute atomic E-state index is 0.232. The van der Waals surface area contributed by atoms with Gasteiger partial charge >= 0.3 is 0 Å². The van der Waals surface area contributed by atoms with Crippen LogP contribution in [0.3, 0.4) is 0 Å². The predicted octanol–water partition coefficient (Wildman–Crippen LogP) is 2.58. The van der Waals surface area contributed by atoms with E-state index >= 15 is 0 Å². The molecule has 132 valence electrons. The first-order valence-corrected chi connectivity index (χ1v) is 8.10. The summed E-state index contributed by atoms with van der Waals surface area (Å²) in [4.78, 5) is 17.0. The molecule has 0 spiro atoms. The van der Waals surface area contributed by atoms with Crippen molar-refractivity contribution in [3.8, 4) is 22.9 Å². The first-order chi connectivity index (χ1) is 12.8. The second-order valence-electron chi connectivity index (χ2n) is 5.66. The molecule has 0 radical (unpaired) electrons. The first-order valence-electron chi connectivity index (χ1n) is 8.10. The highest BCUT2D eigenvalue weighted by molar-refractivity contribution is 5.49. The second-order valence-corrected chi connectivity index (χ2v) is 5.66. The Morgan fingerprint density at radius 3 is 2.92 bits per heavy atom. The number of benzene rings is 2. The Labute approximate surface area is 149 Å². The van der Waals surface area contributed by atoms with E-state index in [1.165, 1.54) is 4.57 Å². The van der Waals surface area contributed by atoms with E-state index in [2.05, 4.69) is 10.3 Å². The van der Waals surface area contributed by atoms with E-state index in [9.17, 15) is 4.79 Å².